The molecule has 1 N–H and O–H groups in total. The van der Waals surface area contributed by atoms with Crippen LogP contribution in [0.2, 0.25) is 0 Å². The zero-order chi connectivity index (χ0) is 10.8. The van der Waals surface area contributed by atoms with Gasteiger partial charge in [-0.1, -0.05) is 27.2 Å². The van der Waals surface area contributed by atoms with Gasteiger partial charge in [-0.05, 0) is 37.5 Å². The second-order valence-corrected chi connectivity index (χ2v) is 4.62. The third-order valence-electron chi connectivity index (χ3n) is 4.18. The highest BCUT2D eigenvalue weighted by Crippen LogP contribution is 2.62. The normalized spacial score (nSPS) is 39.1. The van der Waals surface area contributed by atoms with Gasteiger partial charge in [-0.25, -0.2) is 0 Å². The van der Waals surface area contributed by atoms with E-state index in [2.05, 4.69) is 6.92 Å². The molecule has 0 heterocycles. The van der Waals surface area contributed by atoms with Crippen molar-refractivity contribution in [3.05, 3.63) is 0 Å². The Morgan fingerprint density at radius 1 is 1.21 bits per heavy atom. The summed E-state index contributed by atoms with van der Waals surface area (Å²) in [6, 6.07) is 0. The number of carbonyl (C=O) groups is 1. The molecule has 0 amide bonds. The fourth-order valence-electron chi connectivity index (χ4n) is 3.10. The van der Waals surface area contributed by atoms with Crippen LogP contribution in [0.5, 0.6) is 0 Å². The molecule has 2 heteroatoms. The van der Waals surface area contributed by atoms with Gasteiger partial charge in [-0.15, -0.1) is 0 Å². The van der Waals surface area contributed by atoms with Crippen molar-refractivity contribution >= 4 is 5.97 Å². The van der Waals surface area contributed by atoms with Crippen LogP contribution < -0.4 is 0 Å². The highest BCUT2D eigenvalue weighted by atomic mass is 16.4. The molecule has 0 aromatic rings. The molecule has 2 saturated carbocycles. The van der Waals surface area contributed by atoms with E-state index in [1.54, 1.807) is 0 Å². The lowest BCUT2D eigenvalue weighted by molar-refractivity contribution is -0.148. The number of carboxylic acids is 1. The summed E-state index contributed by atoms with van der Waals surface area (Å²) >= 11 is 0. The van der Waals surface area contributed by atoms with Crippen LogP contribution in [0.15, 0.2) is 0 Å². The van der Waals surface area contributed by atoms with E-state index in [0.29, 0.717) is 5.41 Å². The molecule has 2 aliphatic rings. The number of hydrogen-bond donors (Lipinski definition) is 1. The first-order chi connectivity index (χ1) is 6.63. The topological polar surface area (TPSA) is 37.3 Å². The van der Waals surface area contributed by atoms with Crippen molar-refractivity contribution in [1.82, 2.24) is 0 Å². The molecule has 0 atom stereocenters. The van der Waals surface area contributed by atoms with Crippen molar-refractivity contribution < 1.29 is 9.90 Å². The first-order valence-corrected chi connectivity index (χ1v) is 5.86. The van der Waals surface area contributed by atoms with Crippen LogP contribution >= 0.6 is 0 Å². The molecule has 0 aromatic carbocycles. The molecule has 0 unspecified atom stereocenters. The van der Waals surface area contributed by atoms with Crippen LogP contribution in [0.1, 0.15) is 59.3 Å². The van der Waals surface area contributed by atoms with E-state index in [-0.39, 0.29) is 5.41 Å². The van der Waals surface area contributed by atoms with Crippen molar-refractivity contribution in [3.8, 4) is 0 Å². The minimum atomic E-state index is -0.546. The van der Waals surface area contributed by atoms with Crippen LogP contribution in [-0.2, 0) is 4.79 Å². The van der Waals surface area contributed by atoms with E-state index in [1.165, 1.54) is 6.42 Å². The van der Waals surface area contributed by atoms with E-state index < -0.39 is 5.97 Å². The number of fused-ring (bicyclic) bond motifs is 2. The maximum atomic E-state index is 11.0. The maximum Gasteiger partial charge on any atom is 0.309 e. The quantitative estimate of drug-likeness (QED) is 0.737. The highest BCUT2D eigenvalue weighted by Gasteiger charge is 2.57. The van der Waals surface area contributed by atoms with Crippen molar-refractivity contribution in [2.24, 2.45) is 10.8 Å². The van der Waals surface area contributed by atoms with Gasteiger partial charge in [0, 0.05) is 0 Å². The molecule has 0 radical (unpaired) electrons. The van der Waals surface area contributed by atoms with Gasteiger partial charge in [-0.3, -0.25) is 4.79 Å². The number of aliphatic carboxylic acids is 1. The van der Waals surface area contributed by atoms with E-state index in [0.717, 1.165) is 32.1 Å². The van der Waals surface area contributed by atoms with Crippen LogP contribution in [-0.4, -0.2) is 11.1 Å². The second kappa shape index (κ2) is 3.92. The van der Waals surface area contributed by atoms with Gasteiger partial charge in [0.25, 0.3) is 0 Å². The highest BCUT2D eigenvalue weighted by molar-refractivity contribution is 5.75. The van der Waals surface area contributed by atoms with Gasteiger partial charge < -0.3 is 5.11 Å². The molecule has 0 spiro atoms. The van der Waals surface area contributed by atoms with Gasteiger partial charge in [-0.2, -0.15) is 0 Å². The molecule has 2 fully saturated rings. The van der Waals surface area contributed by atoms with Crippen molar-refractivity contribution in [1.29, 1.82) is 0 Å². The van der Waals surface area contributed by atoms with Gasteiger partial charge in [0.05, 0.1) is 5.41 Å². The minimum absolute atomic E-state index is 0.310. The van der Waals surface area contributed by atoms with E-state index >= 15 is 0 Å². The van der Waals surface area contributed by atoms with Gasteiger partial charge in [0.1, 0.15) is 0 Å². The third-order valence-corrected chi connectivity index (χ3v) is 4.18. The molecule has 0 saturated heterocycles. The minimum Gasteiger partial charge on any atom is -0.481 e. The zero-order valence-corrected chi connectivity index (χ0v) is 9.60. The summed E-state index contributed by atoms with van der Waals surface area (Å²) in [7, 11) is 0. The largest absolute Gasteiger partial charge is 0.481 e. The second-order valence-electron chi connectivity index (χ2n) is 4.62. The monoisotopic (exact) mass is 198 g/mol. The first-order valence-electron chi connectivity index (χ1n) is 5.86. The van der Waals surface area contributed by atoms with Crippen LogP contribution in [0.25, 0.3) is 0 Å². The number of rotatable bonds is 2. The predicted octanol–water partition coefficient (Wildman–Crippen LogP) is 3.46. The third kappa shape index (κ3) is 1.55. The molecule has 2 bridgehead atoms. The smallest absolute Gasteiger partial charge is 0.309 e. The fraction of sp³-hybridized carbons (Fsp3) is 0.917. The lowest BCUT2D eigenvalue weighted by atomic mass is 9.81. The summed E-state index contributed by atoms with van der Waals surface area (Å²) < 4.78 is 0. The van der Waals surface area contributed by atoms with Gasteiger partial charge in [0.2, 0.25) is 0 Å². The molecular weight excluding hydrogens is 176 g/mol. The maximum absolute atomic E-state index is 11.0. The molecule has 82 valence electrons. The molecule has 14 heavy (non-hydrogen) atoms. The molecule has 2 rings (SSSR count). The molecule has 2 nitrogen and oxygen atoms in total. The van der Waals surface area contributed by atoms with Gasteiger partial charge >= 0.3 is 5.97 Å². The van der Waals surface area contributed by atoms with Crippen LogP contribution in [0, 0.1) is 10.8 Å². The van der Waals surface area contributed by atoms with E-state index in [4.69, 9.17) is 5.11 Å². The Hall–Kier alpha value is -0.530. The Labute approximate surface area is 86.7 Å². The predicted molar refractivity (Wildman–Crippen MR) is 57.2 cm³/mol. The number of hydrogen-bond acceptors (Lipinski definition) is 1. The summed E-state index contributed by atoms with van der Waals surface area (Å²) in [5, 5.41) is 9.10. The van der Waals surface area contributed by atoms with Crippen LogP contribution in [0.4, 0.5) is 0 Å². The van der Waals surface area contributed by atoms with E-state index in [9.17, 15) is 4.79 Å². The molecule has 2 aliphatic carbocycles. The lowest BCUT2D eigenvalue weighted by Crippen LogP contribution is -2.25. The summed E-state index contributed by atoms with van der Waals surface area (Å²) in [4.78, 5) is 11.0. The molecule has 0 aliphatic heterocycles. The summed E-state index contributed by atoms with van der Waals surface area (Å²) in [6.45, 7) is 6.20. The fourth-order valence-corrected chi connectivity index (χ4v) is 3.10. The standard InChI is InChI=1S/C10H16O2.C2H6/c1-2-9-3-5-10(7-9,6-4-9)8(11)12;1-2/h2-7H2,1H3,(H,11,12);1-2H3. The Bertz CT molecular complexity index is 212. The average Bonchev–Trinajstić information content (AvgIpc) is 2.78. The van der Waals surface area contributed by atoms with E-state index in [1.807, 2.05) is 13.8 Å². The summed E-state index contributed by atoms with van der Waals surface area (Å²) in [6.07, 6.45) is 6.27. The van der Waals surface area contributed by atoms with Gasteiger partial charge in [0.15, 0.2) is 0 Å². The average molecular weight is 198 g/mol. The Morgan fingerprint density at radius 2 is 1.71 bits per heavy atom. The van der Waals surface area contributed by atoms with Crippen molar-refractivity contribution in [2.45, 2.75) is 59.3 Å². The first kappa shape index (κ1) is 11.5. The zero-order valence-electron chi connectivity index (χ0n) is 9.60. The Morgan fingerprint density at radius 3 is 1.93 bits per heavy atom. The van der Waals surface area contributed by atoms with Crippen molar-refractivity contribution in [3.63, 3.8) is 0 Å². The molecular formula is C12H22O2. The summed E-state index contributed by atoms with van der Waals surface area (Å²) in [5.74, 6) is -0.546. The Balaban J connectivity index is 0.000000461. The summed E-state index contributed by atoms with van der Waals surface area (Å²) in [5.41, 5.74) is 0.106. The van der Waals surface area contributed by atoms with Crippen molar-refractivity contribution in [2.75, 3.05) is 0 Å². The Kier molecular flexibility index (Phi) is 3.23. The lowest BCUT2D eigenvalue weighted by Gasteiger charge is -2.24. The molecule has 0 aromatic heterocycles. The number of carboxylic acid groups (broad SMARTS) is 1. The SMILES string of the molecule is CC.CCC12CCC(C(=O)O)(CC1)C2. The van der Waals surface area contributed by atoms with Crippen LogP contribution in [0.3, 0.4) is 0 Å².